The third-order valence-corrected chi connectivity index (χ3v) is 4.86. The summed E-state index contributed by atoms with van der Waals surface area (Å²) in [6, 6.07) is 3.55. The van der Waals surface area contributed by atoms with Crippen LogP contribution in [-0.2, 0) is 9.47 Å². The highest BCUT2D eigenvalue weighted by Crippen LogP contribution is 2.34. The predicted molar refractivity (Wildman–Crippen MR) is 102 cm³/mol. The van der Waals surface area contributed by atoms with Gasteiger partial charge in [-0.3, -0.25) is 0 Å². The van der Waals surface area contributed by atoms with E-state index in [9.17, 15) is 9.59 Å². The number of nitrogens with zero attached hydrogens (tertiary/aromatic N) is 3. The molecule has 0 unspecified atom stereocenters. The molecule has 0 aromatic carbocycles. The molecule has 8 heteroatoms. The smallest absolute Gasteiger partial charge is 0.419 e. The Morgan fingerprint density at radius 1 is 1.30 bits per heavy atom. The standard InChI is InChI=1S/C19H24ClN3O4/c1-19(2,3)27-17(24)22-9-5-6-12(11-22)15-10-13-14(20)7-8-21-16(13)23(15)18(25)26-4/h7-8,10,12H,5-6,9,11H2,1-4H3/t12-/m1/s1. The van der Waals surface area contributed by atoms with E-state index >= 15 is 0 Å². The Morgan fingerprint density at radius 2 is 2.04 bits per heavy atom. The first-order chi connectivity index (χ1) is 12.7. The summed E-state index contributed by atoms with van der Waals surface area (Å²) in [5.41, 5.74) is 0.645. The molecule has 2 aromatic heterocycles. The normalized spacial score (nSPS) is 17.8. The number of pyridine rings is 1. The fourth-order valence-corrected chi connectivity index (χ4v) is 3.58. The molecular weight excluding hydrogens is 370 g/mol. The van der Waals surface area contributed by atoms with Gasteiger partial charge in [0.05, 0.1) is 12.1 Å². The number of halogens is 1. The molecule has 3 heterocycles. The monoisotopic (exact) mass is 393 g/mol. The lowest BCUT2D eigenvalue weighted by atomic mass is 9.95. The number of amides is 1. The van der Waals surface area contributed by atoms with Crippen molar-refractivity contribution in [2.45, 2.75) is 45.1 Å². The molecule has 146 valence electrons. The molecule has 0 aliphatic carbocycles. The number of aromatic nitrogens is 2. The highest BCUT2D eigenvalue weighted by molar-refractivity contribution is 6.35. The zero-order chi connectivity index (χ0) is 19.8. The van der Waals surface area contributed by atoms with Crippen LogP contribution in [0.1, 0.15) is 45.2 Å². The molecule has 27 heavy (non-hydrogen) atoms. The molecule has 0 N–H and O–H groups in total. The van der Waals surface area contributed by atoms with Crippen molar-refractivity contribution < 1.29 is 19.1 Å². The third-order valence-electron chi connectivity index (χ3n) is 4.53. The highest BCUT2D eigenvalue weighted by Gasteiger charge is 2.32. The van der Waals surface area contributed by atoms with Gasteiger partial charge in [-0.05, 0) is 45.7 Å². The van der Waals surface area contributed by atoms with Gasteiger partial charge in [-0.1, -0.05) is 11.6 Å². The van der Waals surface area contributed by atoms with Gasteiger partial charge in [-0.25, -0.2) is 19.1 Å². The van der Waals surface area contributed by atoms with Gasteiger partial charge in [0.2, 0.25) is 0 Å². The number of likely N-dealkylation sites (tertiary alicyclic amines) is 1. The van der Waals surface area contributed by atoms with Crippen LogP contribution in [0.15, 0.2) is 18.3 Å². The predicted octanol–water partition coefficient (Wildman–Crippen LogP) is 4.42. The lowest BCUT2D eigenvalue weighted by Crippen LogP contribution is -2.42. The average Bonchev–Trinajstić information content (AvgIpc) is 3.01. The molecule has 1 atom stereocenters. The van der Waals surface area contributed by atoms with Crippen LogP contribution in [0.2, 0.25) is 5.02 Å². The average molecular weight is 394 g/mol. The van der Waals surface area contributed by atoms with Crippen LogP contribution in [0.5, 0.6) is 0 Å². The minimum atomic E-state index is -0.553. The van der Waals surface area contributed by atoms with Crippen molar-refractivity contribution in [3.8, 4) is 0 Å². The fourth-order valence-electron chi connectivity index (χ4n) is 3.38. The van der Waals surface area contributed by atoms with Crippen molar-refractivity contribution in [3.63, 3.8) is 0 Å². The Kier molecular flexibility index (Phi) is 5.33. The van der Waals surface area contributed by atoms with Crippen LogP contribution in [-0.4, -0.2) is 52.4 Å². The van der Waals surface area contributed by atoms with Crippen molar-refractivity contribution in [3.05, 3.63) is 29.0 Å². The Balaban J connectivity index is 1.95. The Hall–Kier alpha value is -2.28. The summed E-state index contributed by atoms with van der Waals surface area (Å²) >= 11 is 6.29. The van der Waals surface area contributed by atoms with Gasteiger partial charge >= 0.3 is 12.2 Å². The quantitative estimate of drug-likeness (QED) is 0.717. The van der Waals surface area contributed by atoms with Gasteiger partial charge in [0.15, 0.2) is 5.65 Å². The van der Waals surface area contributed by atoms with E-state index in [0.29, 0.717) is 29.1 Å². The number of hydrogen-bond donors (Lipinski definition) is 0. The lowest BCUT2D eigenvalue weighted by molar-refractivity contribution is 0.0196. The molecule has 1 aliphatic rings. The second-order valence-electron chi connectivity index (χ2n) is 7.67. The van der Waals surface area contributed by atoms with E-state index < -0.39 is 11.7 Å². The number of carbonyl (C=O) groups excluding carboxylic acids is 2. The van der Waals surface area contributed by atoms with Crippen LogP contribution in [0.25, 0.3) is 11.0 Å². The van der Waals surface area contributed by atoms with Gasteiger partial charge in [0, 0.05) is 36.3 Å². The van der Waals surface area contributed by atoms with E-state index in [-0.39, 0.29) is 12.0 Å². The van der Waals surface area contributed by atoms with E-state index in [4.69, 9.17) is 21.1 Å². The van der Waals surface area contributed by atoms with Gasteiger partial charge in [0.1, 0.15) is 5.60 Å². The van der Waals surface area contributed by atoms with Crippen LogP contribution >= 0.6 is 11.6 Å². The van der Waals surface area contributed by atoms with Gasteiger partial charge < -0.3 is 14.4 Å². The molecule has 0 spiro atoms. The van der Waals surface area contributed by atoms with Crippen LogP contribution in [0, 0.1) is 0 Å². The van der Waals surface area contributed by atoms with Gasteiger partial charge in [0.25, 0.3) is 0 Å². The van der Waals surface area contributed by atoms with Gasteiger partial charge in [-0.2, -0.15) is 0 Å². The summed E-state index contributed by atoms with van der Waals surface area (Å²) in [6.45, 7) is 6.61. The first kappa shape index (κ1) is 19.5. The van der Waals surface area contributed by atoms with Crippen molar-refractivity contribution >= 4 is 34.8 Å². The molecule has 0 radical (unpaired) electrons. The summed E-state index contributed by atoms with van der Waals surface area (Å²) in [6.07, 6.45) is 2.34. The SMILES string of the molecule is COC(=O)n1c([C@@H]2CCCN(C(=O)OC(C)(C)C)C2)cc2c(Cl)ccnc21. The van der Waals surface area contributed by atoms with E-state index in [0.717, 1.165) is 18.5 Å². The van der Waals surface area contributed by atoms with E-state index in [1.165, 1.54) is 11.7 Å². The van der Waals surface area contributed by atoms with E-state index in [1.807, 2.05) is 26.8 Å². The lowest BCUT2D eigenvalue weighted by Gasteiger charge is -2.34. The molecule has 1 saturated heterocycles. The second-order valence-corrected chi connectivity index (χ2v) is 8.08. The van der Waals surface area contributed by atoms with Gasteiger partial charge in [-0.15, -0.1) is 0 Å². The molecular formula is C19H24ClN3O4. The number of piperidine rings is 1. The fraction of sp³-hybridized carbons (Fsp3) is 0.526. The van der Waals surface area contributed by atoms with Crippen LogP contribution in [0.4, 0.5) is 9.59 Å². The van der Waals surface area contributed by atoms with E-state index in [1.54, 1.807) is 17.2 Å². The third kappa shape index (κ3) is 4.03. The highest BCUT2D eigenvalue weighted by atomic mass is 35.5. The van der Waals surface area contributed by atoms with Crippen molar-refractivity contribution in [1.29, 1.82) is 0 Å². The molecule has 2 aromatic rings. The second kappa shape index (κ2) is 7.38. The molecule has 0 saturated carbocycles. The first-order valence-corrected chi connectivity index (χ1v) is 9.31. The number of methoxy groups -OCH3 is 1. The molecule has 1 fully saturated rings. The minimum Gasteiger partial charge on any atom is -0.452 e. The van der Waals surface area contributed by atoms with E-state index in [2.05, 4.69) is 4.98 Å². The molecule has 3 rings (SSSR count). The number of fused-ring (bicyclic) bond motifs is 1. The minimum absolute atomic E-state index is 0.0457. The zero-order valence-electron chi connectivity index (χ0n) is 16.0. The summed E-state index contributed by atoms with van der Waals surface area (Å²) in [5.74, 6) is -0.0457. The zero-order valence-corrected chi connectivity index (χ0v) is 16.7. The maximum absolute atomic E-state index is 12.5. The Morgan fingerprint density at radius 3 is 2.70 bits per heavy atom. The first-order valence-electron chi connectivity index (χ1n) is 8.93. The maximum Gasteiger partial charge on any atom is 0.419 e. The number of rotatable bonds is 1. The molecule has 7 nitrogen and oxygen atoms in total. The van der Waals surface area contributed by atoms with Crippen LogP contribution < -0.4 is 0 Å². The molecule has 1 amide bonds. The van der Waals surface area contributed by atoms with Crippen molar-refractivity contribution in [1.82, 2.24) is 14.5 Å². The summed E-state index contributed by atoms with van der Waals surface area (Å²) in [7, 11) is 1.33. The van der Waals surface area contributed by atoms with Crippen molar-refractivity contribution in [2.75, 3.05) is 20.2 Å². The Labute approximate surface area is 163 Å². The number of carbonyl (C=O) groups is 2. The topological polar surface area (TPSA) is 73.7 Å². The molecule has 0 bridgehead atoms. The summed E-state index contributed by atoms with van der Waals surface area (Å²) < 4.78 is 11.9. The number of ether oxygens (including phenoxy) is 2. The van der Waals surface area contributed by atoms with Crippen molar-refractivity contribution in [2.24, 2.45) is 0 Å². The Bertz CT molecular complexity index is 872. The number of hydrogen-bond acceptors (Lipinski definition) is 5. The summed E-state index contributed by atoms with van der Waals surface area (Å²) in [5, 5.41) is 1.21. The summed E-state index contributed by atoms with van der Waals surface area (Å²) in [4.78, 5) is 30.9. The maximum atomic E-state index is 12.5. The molecule has 1 aliphatic heterocycles. The van der Waals surface area contributed by atoms with Crippen LogP contribution in [0.3, 0.4) is 0 Å². The largest absolute Gasteiger partial charge is 0.452 e.